The van der Waals surface area contributed by atoms with Gasteiger partial charge in [-0.3, -0.25) is 0 Å². The normalized spacial score (nSPS) is 11.6. The first-order valence-corrected chi connectivity index (χ1v) is 5.02. The number of nitrogens with two attached hydrogens (primary N) is 2. The van der Waals surface area contributed by atoms with Crippen LogP contribution >= 0.6 is 11.6 Å². The van der Waals surface area contributed by atoms with Crippen molar-refractivity contribution in [3.63, 3.8) is 0 Å². The minimum atomic E-state index is -3.94. The first kappa shape index (κ1) is 10.2. The summed E-state index contributed by atoms with van der Waals surface area (Å²) in [6.07, 6.45) is 0. The summed E-state index contributed by atoms with van der Waals surface area (Å²) >= 11 is 5.36. The minimum absolute atomic E-state index is 0.161. The third-order valence-corrected chi connectivity index (χ3v) is 2.65. The molecule has 0 bridgehead atoms. The predicted octanol–water partition coefficient (Wildman–Crippen LogP) is 0.709. The van der Waals surface area contributed by atoms with Crippen LogP contribution in [0.5, 0.6) is 0 Å². The molecule has 0 heterocycles. The van der Waals surface area contributed by atoms with Crippen LogP contribution in [0.2, 0.25) is 5.02 Å². The van der Waals surface area contributed by atoms with Gasteiger partial charge in [-0.1, -0.05) is 11.6 Å². The standard InChI is InChI=1S/C6H6ClFN2O2S/c7-6-4(8)1-3(2-5(6)9)13(10,11)12/h1-2H,9H2,(H2,10,11,12). The van der Waals surface area contributed by atoms with Crippen LogP contribution in [0.15, 0.2) is 17.0 Å². The lowest BCUT2D eigenvalue weighted by Gasteiger charge is -2.02. The lowest BCUT2D eigenvalue weighted by atomic mass is 10.3. The molecule has 1 aromatic rings. The maximum Gasteiger partial charge on any atom is 0.238 e. The van der Waals surface area contributed by atoms with Gasteiger partial charge >= 0.3 is 0 Å². The molecule has 0 aliphatic heterocycles. The molecule has 1 aromatic carbocycles. The fourth-order valence-electron chi connectivity index (χ4n) is 0.749. The van der Waals surface area contributed by atoms with Crippen molar-refractivity contribution in [3.8, 4) is 0 Å². The zero-order valence-corrected chi connectivity index (χ0v) is 7.86. The average Bonchev–Trinajstić information content (AvgIpc) is 1.97. The Morgan fingerprint density at radius 2 is 1.92 bits per heavy atom. The van der Waals surface area contributed by atoms with Gasteiger partial charge in [0.2, 0.25) is 10.0 Å². The number of rotatable bonds is 1. The monoisotopic (exact) mass is 224 g/mol. The molecule has 72 valence electrons. The number of hydrogen-bond acceptors (Lipinski definition) is 3. The van der Waals surface area contributed by atoms with Crippen molar-refractivity contribution in [3.05, 3.63) is 23.0 Å². The molecule has 1 rings (SSSR count). The molecule has 0 fully saturated rings. The van der Waals surface area contributed by atoms with Crippen LogP contribution in [0.25, 0.3) is 0 Å². The van der Waals surface area contributed by atoms with Gasteiger partial charge in [0, 0.05) is 0 Å². The molecule has 4 N–H and O–H groups in total. The van der Waals surface area contributed by atoms with E-state index in [0.717, 1.165) is 6.07 Å². The molecular weight excluding hydrogens is 219 g/mol. The molecule has 13 heavy (non-hydrogen) atoms. The molecule has 0 unspecified atom stereocenters. The summed E-state index contributed by atoms with van der Waals surface area (Å²) in [7, 11) is -3.94. The van der Waals surface area contributed by atoms with E-state index in [4.69, 9.17) is 22.5 Å². The number of anilines is 1. The Morgan fingerprint density at radius 3 is 2.31 bits per heavy atom. The van der Waals surface area contributed by atoms with Crippen molar-refractivity contribution in [2.75, 3.05) is 5.73 Å². The van der Waals surface area contributed by atoms with Gasteiger partial charge in [-0.05, 0) is 12.1 Å². The van der Waals surface area contributed by atoms with Crippen LogP contribution < -0.4 is 10.9 Å². The van der Waals surface area contributed by atoms with Crippen LogP contribution in [0, 0.1) is 5.82 Å². The molecule has 0 amide bonds. The summed E-state index contributed by atoms with van der Waals surface area (Å²) in [5.41, 5.74) is 5.06. The van der Waals surface area contributed by atoms with Crippen molar-refractivity contribution in [1.29, 1.82) is 0 Å². The third-order valence-electron chi connectivity index (χ3n) is 1.36. The highest BCUT2D eigenvalue weighted by molar-refractivity contribution is 7.89. The minimum Gasteiger partial charge on any atom is -0.397 e. The van der Waals surface area contributed by atoms with Crippen LogP contribution in [-0.2, 0) is 10.0 Å². The van der Waals surface area contributed by atoms with Gasteiger partial charge in [0.25, 0.3) is 0 Å². The highest BCUT2D eigenvalue weighted by atomic mass is 35.5. The van der Waals surface area contributed by atoms with Crippen LogP contribution in [0.1, 0.15) is 0 Å². The van der Waals surface area contributed by atoms with E-state index >= 15 is 0 Å². The summed E-state index contributed by atoms with van der Waals surface area (Å²) < 4.78 is 34.4. The predicted molar refractivity (Wildman–Crippen MR) is 47.2 cm³/mol. The number of hydrogen-bond donors (Lipinski definition) is 2. The summed E-state index contributed by atoms with van der Waals surface area (Å²) in [5.74, 6) is -0.911. The van der Waals surface area contributed by atoms with E-state index in [9.17, 15) is 12.8 Å². The fourth-order valence-corrected chi connectivity index (χ4v) is 1.42. The zero-order valence-electron chi connectivity index (χ0n) is 6.29. The Morgan fingerprint density at radius 1 is 1.38 bits per heavy atom. The molecule has 0 aromatic heterocycles. The third kappa shape index (κ3) is 2.09. The number of nitrogen functional groups attached to an aromatic ring is 1. The Kier molecular flexibility index (Phi) is 2.47. The highest BCUT2D eigenvalue weighted by Gasteiger charge is 2.13. The van der Waals surface area contributed by atoms with Crippen LogP contribution in [0.4, 0.5) is 10.1 Å². The van der Waals surface area contributed by atoms with Crippen LogP contribution in [-0.4, -0.2) is 8.42 Å². The Hall–Kier alpha value is -0.850. The second-order valence-electron chi connectivity index (χ2n) is 2.35. The molecule has 7 heteroatoms. The molecule has 0 saturated carbocycles. The highest BCUT2D eigenvalue weighted by Crippen LogP contribution is 2.25. The quantitative estimate of drug-likeness (QED) is 0.689. The van der Waals surface area contributed by atoms with Gasteiger partial charge in [0.1, 0.15) is 5.82 Å². The molecule has 0 atom stereocenters. The van der Waals surface area contributed by atoms with Crippen molar-refractivity contribution < 1.29 is 12.8 Å². The maximum atomic E-state index is 12.8. The van der Waals surface area contributed by atoms with Crippen LogP contribution in [0.3, 0.4) is 0 Å². The Labute approximate surface area is 79.3 Å². The van der Waals surface area contributed by atoms with Gasteiger partial charge in [-0.2, -0.15) is 0 Å². The first-order chi connectivity index (χ1) is 5.82. The SMILES string of the molecule is Nc1cc(S(N)(=O)=O)cc(F)c1Cl. The molecule has 0 aliphatic rings. The summed E-state index contributed by atoms with van der Waals surface area (Å²) in [6, 6.07) is 1.72. The maximum absolute atomic E-state index is 12.8. The lowest BCUT2D eigenvalue weighted by Crippen LogP contribution is -2.13. The van der Waals surface area contributed by atoms with Gasteiger partial charge in [-0.25, -0.2) is 17.9 Å². The van der Waals surface area contributed by atoms with Gasteiger partial charge in [0.15, 0.2) is 0 Å². The van der Waals surface area contributed by atoms with Crippen molar-refractivity contribution in [1.82, 2.24) is 0 Å². The molecular formula is C6H6ClFN2O2S. The smallest absolute Gasteiger partial charge is 0.238 e. The van der Waals surface area contributed by atoms with Gasteiger partial charge in [-0.15, -0.1) is 0 Å². The Bertz CT molecular complexity index is 423. The topological polar surface area (TPSA) is 86.2 Å². The number of benzene rings is 1. The van der Waals surface area contributed by atoms with Gasteiger partial charge < -0.3 is 5.73 Å². The number of primary sulfonamides is 1. The van der Waals surface area contributed by atoms with E-state index in [2.05, 4.69) is 0 Å². The van der Waals surface area contributed by atoms with E-state index < -0.39 is 20.7 Å². The Balaban J connectivity index is 3.47. The molecule has 0 saturated heterocycles. The molecule has 0 aliphatic carbocycles. The molecule has 0 spiro atoms. The summed E-state index contributed by atoms with van der Waals surface area (Å²) in [4.78, 5) is -0.396. The lowest BCUT2D eigenvalue weighted by molar-refractivity contribution is 0.592. The van der Waals surface area contributed by atoms with Gasteiger partial charge in [0.05, 0.1) is 15.6 Å². The van der Waals surface area contributed by atoms with Crippen molar-refractivity contribution in [2.24, 2.45) is 5.14 Å². The van der Waals surface area contributed by atoms with E-state index in [1.807, 2.05) is 0 Å². The zero-order chi connectivity index (χ0) is 10.2. The number of halogens is 2. The largest absolute Gasteiger partial charge is 0.397 e. The van der Waals surface area contributed by atoms with E-state index in [1.54, 1.807) is 0 Å². The average molecular weight is 225 g/mol. The second-order valence-corrected chi connectivity index (χ2v) is 4.29. The van der Waals surface area contributed by atoms with Crippen molar-refractivity contribution >= 4 is 27.3 Å². The molecule has 0 radical (unpaired) electrons. The number of sulfonamides is 1. The summed E-state index contributed by atoms with van der Waals surface area (Å²) in [5, 5.41) is 4.44. The van der Waals surface area contributed by atoms with E-state index in [1.165, 1.54) is 0 Å². The summed E-state index contributed by atoms with van der Waals surface area (Å²) in [6.45, 7) is 0. The van der Waals surface area contributed by atoms with E-state index in [0.29, 0.717) is 6.07 Å². The second kappa shape index (κ2) is 3.13. The first-order valence-electron chi connectivity index (χ1n) is 3.09. The van der Waals surface area contributed by atoms with E-state index in [-0.39, 0.29) is 10.7 Å². The molecule has 4 nitrogen and oxygen atoms in total. The fraction of sp³-hybridized carbons (Fsp3) is 0. The van der Waals surface area contributed by atoms with Crippen molar-refractivity contribution in [2.45, 2.75) is 4.90 Å².